The van der Waals surface area contributed by atoms with Crippen LogP contribution in [0.15, 0.2) is 60.2 Å². The third kappa shape index (κ3) is 6.88. The summed E-state index contributed by atoms with van der Waals surface area (Å²) >= 11 is 7.85. The molecule has 0 bridgehead atoms. The fourth-order valence-corrected chi connectivity index (χ4v) is 7.86. The molecule has 3 heterocycles. The monoisotopic (exact) mass is 615 g/mol. The van der Waals surface area contributed by atoms with Gasteiger partial charge in [0.1, 0.15) is 28.8 Å². The van der Waals surface area contributed by atoms with Gasteiger partial charge in [-0.2, -0.15) is 0 Å². The Balaban J connectivity index is 1.27. The van der Waals surface area contributed by atoms with Crippen molar-refractivity contribution in [2.45, 2.75) is 63.2 Å². The molecule has 0 aliphatic carbocycles. The number of piperidine rings is 1. The number of carbonyl (C=O) groups is 1. The van der Waals surface area contributed by atoms with Crippen LogP contribution in [0.3, 0.4) is 0 Å². The van der Waals surface area contributed by atoms with Gasteiger partial charge < -0.3 is 14.4 Å². The summed E-state index contributed by atoms with van der Waals surface area (Å²) in [5.74, 6) is 0.648. The third-order valence-electron chi connectivity index (χ3n) is 7.04. The third-order valence-corrected chi connectivity index (χ3v) is 10.5. The number of carbonyl (C=O) groups excluding carboxylic acids is 1. The number of benzene rings is 2. The number of hydrogen-bond donors (Lipinski definition) is 0. The second-order valence-electron chi connectivity index (χ2n) is 11.3. The second-order valence-corrected chi connectivity index (χ2v) is 14.9. The normalized spacial score (nSPS) is 15.7. The first kappa shape index (κ1) is 29.4. The SMILES string of the molecule is C[C@@H](Oc1csc(-n2cnc3ccc(CS(=O)(=O)C4CCN(C(=O)OC(C)(C)C)CC4)cc32)c1)c1ccccc1Cl. The fraction of sp³-hybridized carbons (Fsp3) is 0.400. The molecule has 5 rings (SSSR count). The van der Waals surface area contributed by atoms with E-state index in [9.17, 15) is 13.2 Å². The highest BCUT2D eigenvalue weighted by molar-refractivity contribution is 7.91. The van der Waals surface area contributed by atoms with E-state index in [2.05, 4.69) is 4.98 Å². The van der Waals surface area contributed by atoms with Gasteiger partial charge in [0, 0.05) is 35.1 Å². The molecule has 218 valence electrons. The predicted octanol–water partition coefficient (Wildman–Crippen LogP) is 7.19. The number of imidazole rings is 1. The lowest BCUT2D eigenvalue weighted by Crippen LogP contribution is -2.44. The number of fused-ring (bicyclic) bond motifs is 1. The van der Waals surface area contributed by atoms with Crippen molar-refractivity contribution in [3.63, 3.8) is 0 Å². The number of thiophene rings is 1. The minimum Gasteiger partial charge on any atom is -0.485 e. The Bertz CT molecular complexity index is 1650. The van der Waals surface area contributed by atoms with E-state index in [1.807, 2.05) is 86.2 Å². The molecule has 0 N–H and O–H groups in total. The Morgan fingerprint density at radius 3 is 2.59 bits per heavy atom. The zero-order valence-electron chi connectivity index (χ0n) is 23.5. The summed E-state index contributed by atoms with van der Waals surface area (Å²) < 4.78 is 40.2. The summed E-state index contributed by atoms with van der Waals surface area (Å²) in [5, 5.41) is 3.00. The summed E-state index contributed by atoms with van der Waals surface area (Å²) in [4.78, 5) is 18.5. The maximum atomic E-state index is 13.4. The Labute approximate surface area is 249 Å². The zero-order valence-corrected chi connectivity index (χ0v) is 25.9. The number of halogens is 1. The molecular weight excluding hydrogens is 582 g/mol. The molecule has 41 heavy (non-hydrogen) atoms. The van der Waals surface area contributed by atoms with E-state index in [4.69, 9.17) is 21.1 Å². The average molecular weight is 616 g/mol. The van der Waals surface area contributed by atoms with Crippen LogP contribution in [-0.4, -0.2) is 52.9 Å². The molecule has 1 aliphatic heterocycles. The minimum absolute atomic E-state index is 0.0701. The highest BCUT2D eigenvalue weighted by Crippen LogP contribution is 2.33. The van der Waals surface area contributed by atoms with Crippen LogP contribution >= 0.6 is 22.9 Å². The maximum Gasteiger partial charge on any atom is 0.410 e. The summed E-state index contributed by atoms with van der Waals surface area (Å²) in [6.45, 7) is 8.14. The van der Waals surface area contributed by atoms with E-state index in [0.717, 1.165) is 27.3 Å². The topological polar surface area (TPSA) is 90.7 Å². The van der Waals surface area contributed by atoms with E-state index in [1.54, 1.807) is 11.2 Å². The molecule has 0 saturated carbocycles. The van der Waals surface area contributed by atoms with Gasteiger partial charge in [0.2, 0.25) is 0 Å². The number of ether oxygens (including phenoxy) is 2. The number of rotatable bonds is 7. The van der Waals surface area contributed by atoms with Crippen LogP contribution < -0.4 is 4.74 Å². The Kier molecular flexibility index (Phi) is 8.36. The van der Waals surface area contributed by atoms with Gasteiger partial charge in [0.15, 0.2) is 9.84 Å². The molecule has 4 aromatic rings. The van der Waals surface area contributed by atoms with Crippen molar-refractivity contribution < 1.29 is 22.7 Å². The van der Waals surface area contributed by atoms with Crippen LogP contribution in [0.5, 0.6) is 5.75 Å². The van der Waals surface area contributed by atoms with E-state index >= 15 is 0 Å². The first-order valence-corrected chi connectivity index (χ1v) is 16.5. The van der Waals surface area contributed by atoms with Gasteiger partial charge in [-0.05, 0) is 64.3 Å². The molecule has 11 heteroatoms. The van der Waals surface area contributed by atoms with Crippen molar-refractivity contribution in [3.8, 4) is 10.8 Å². The molecule has 0 unspecified atom stereocenters. The lowest BCUT2D eigenvalue weighted by molar-refractivity contribution is 0.0217. The number of amides is 1. The van der Waals surface area contributed by atoms with Gasteiger partial charge in [0.05, 0.1) is 22.0 Å². The summed E-state index contributed by atoms with van der Waals surface area (Å²) in [6, 6.07) is 15.1. The number of nitrogens with zero attached hydrogens (tertiary/aromatic N) is 3. The van der Waals surface area contributed by atoms with Crippen molar-refractivity contribution in [1.82, 2.24) is 14.5 Å². The van der Waals surface area contributed by atoms with E-state index in [1.165, 1.54) is 11.3 Å². The van der Waals surface area contributed by atoms with Gasteiger partial charge >= 0.3 is 6.09 Å². The number of hydrogen-bond acceptors (Lipinski definition) is 7. The lowest BCUT2D eigenvalue weighted by atomic mass is 10.1. The Hall–Kier alpha value is -3.08. The van der Waals surface area contributed by atoms with Crippen molar-refractivity contribution in [1.29, 1.82) is 0 Å². The molecule has 0 radical (unpaired) electrons. The van der Waals surface area contributed by atoms with E-state index in [-0.39, 0.29) is 11.9 Å². The van der Waals surface area contributed by atoms with Gasteiger partial charge in [-0.1, -0.05) is 35.9 Å². The van der Waals surface area contributed by atoms with Crippen LogP contribution in [0.4, 0.5) is 4.79 Å². The molecule has 1 amide bonds. The molecule has 1 saturated heterocycles. The maximum absolute atomic E-state index is 13.4. The fourth-order valence-electron chi connectivity index (χ4n) is 4.96. The smallest absolute Gasteiger partial charge is 0.410 e. The molecule has 1 aliphatic rings. The Morgan fingerprint density at radius 1 is 1.15 bits per heavy atom. The number of sulfone groups is 1. The van der Waals surface area contributed by atoms with Gasteiger partial charge in [-0.3, -0.25) is 4.57 Å². The van der Waals surface area contributed by atoms with Crippen molar-refractivity contribution >= 4 is 49.9 Å². The summed E-state index contributed by atoms with van der Waals surface area (Å²) in [6.07, 6.45) is 1.91. The second kappa shape index (κ2) is 11.7. The first-order valence-electron chi connectivity index (χ1n) is 13.5. The van der Waals surface area contributed by atoms with Crippen molar-refractivity contribution in [2.75, 3.05) is 13.1 Å². The van der Waals surface area contributed by atoms with Gasteiger partial charge in [-0.25, -0.2) is 18.2 Å². The molecule has 1 fully saturated rings. The van der Waals surface area contributed by atoms with Crippen LogP contribution in [0, 0.1) is 0 Å². The molecule has 1 atom stereocenters. The average Bonchev–Trinajstić information content (AvgIpc) is 3.54. The van der Waals surface area contributed by atoms with Crippen molar-refractivity contribution in [3.05, 3.63) is 76.4 Å². The largest absolute Gasteiger partial charge is 0.485 e. The summed E-state index contributed by atoms with van der Waals surface area (Å²) in [7, 11) is -3.43. The summed E-state index contributed by atoms with van der Waals surface area (Å²) in [5.41, 5.74) is 2.63. The Morgan fingerprint density at radius 2 is 1.88 bits per heavy atom. The van der Waals surface area contributed by atoms with Gasteiger partial charge in [-0.15, -0.1) is 11.3 Å². The van der Waals surface area contributed by atoms with Crippen LogP contribution in [0.1, 0.15) is 57.8 Å². The van der Waals surface area contributed by atoms with E-state index < -0.39 is 26.8 Å². The van der Waals surface area contributed by atoms with Gasteiger partial charge in [0.25, 0.3) is 0 Å². The molecule has 2 aromatic carbocycles. The minimum atomic E-state index is -3.43. The molecule has 2 aromatic heterocycles. The quantitative estimate of drug-likeness (QED) is 0.218. The first-order chi connectivity index (χ1) is 19.4. The highest BCUT2D eigenvalue weighted by Gasteiger charge is 2.33. The van der Waals surface area contributed by atoms with Crippen LogP contribution in [0.2, 0.25) is 5.02 Å². The number of likely N-dealkylation sites (tertiary alicyclic amines) is 1. The van der Waals surface area contributed by atoms with Crippen LogP contribution in [-0.2, 0) is 20.3 Å². The molecule has 0 spiro atoms. The number of aromatic nitrogens is 2. The standard InChI is InChI=1S/C30H34ClN3O5S2/c1-20(24-7-5-6-8-25(24)31)38-22-16-28(40-17-22)34-19-32-26-10-9-21(15-27(26)34)18-41(36,37)23-11-13-33(14-12-23)29(35)39-30(2,3)4/h5-10,15-17,19-20,23H,11-14,18H2,1-4H3/t20-/m1/s1. The van der Waals surface area contributed by atoms with Crippen LogP contribution in [0.25, 0.3) is 16.0 Å². The lowest BCUT2D eigenvalue weighted by Gasteiger charge is -2.33. The van der Waals surface area contributed by atoms with Crippen molar-refractivity contribution in [2.24, 2.45) is 0 Å². The molecule has 8 nitrogen and oxygen atoms in total. The highest BCUT2D eigenvalue weighted by atomic mass is 35.5. The molecular formula is C30H34ClN3O5S2. The zero-order chi connectivity index (χ0) is 29.4. The van der Waals surface area contributed by atoms with E-state index in [0.29, 0.717) is 36.5 Å². The predicted molar refractivity (Wildman–Crippen MR) is 163 cm³/mol.